The van der Waals surface area contributed by atoms with E-state index in [0.29, 0.717) is 25.1 Å². The van der Waals surface area contributed by atoms with E-state index in [0.717, 1.165) is 31.5 Å². The smallest absolute Gasteiger partial charge is 0.409 e. The van der Waals surface area contributed by atoms with Gasteiger partial charge in [-0.2, -0.15) is 0 Å². The number of guanidine groups is 1. The monoisotopic (exact) mass is 322 g/mol. The first kappa shape index (κ1) is 16.4. The predicted octanol–water partition coefficient (Wildman–Crippen LogP) is 1.92. The summed E-state index contributed by atoms with van der Waals surface area (Å²) in [5, 5.41) is 3.61. The second-order valence-electron chi connectivity index (χ2n) is 7.06. The Labute approximate surface area is 139 Å². The number of amides is 1. The van der Waals surface area contributed by atoms with Crippen LogP contribution in [0.1, 0.15) is 39.0 Å². The number of hydrogen-bond acceptors (Lipinski definition) is 3. The number of piperazine rings is 1. The standard InChI is InChI=1S/C17H30N4O2/c1-3-23-16(22)21-11-9-20(10-12-21)15(18-2)19-13-17(7-4-8-17)14-5-6-14/h14H,3-13H2,1-2H3,(H,18,19). The first-order chi connectivity index (χ1) is 11.2. The van der Waals surface area contributed by atoms with Gasteiger partial charge in [0.15, 0.2) is 5.96 Å². The van der Waals surface area contributed by atoms with Gasteiger partial charge in [0.2, 0.25) is 0 Å². The number of nitrogens with one attached hydrogen (secondary N) is 1. The average Bonchev–Trinajstić information content (AvgIpc) is 3.36. The van der Waals surface area contributed by atoms with Gasteiger partial charge in [0.25, 0.3) is 0 Å². The average molecular weight is 322 g/mol. The molecule has 6 nitrogen and oxygen atoms in total. The van der Waals surface area contributed by atoms with Gasteiger partial charge >= 0.3 is 6.09 Å². The molecule has 0 bridgehead atoms. The first-order valence-electron chi connectivity index (χ1n) is 9.06. The molecule has 130 valence electrons. The lowest BCUT2D eigenvalue weighted by Gasteiger charge is -2.44. The zero-order valence-electron chi connectivity index (χ0n) is 14.5. The van der Waals surface area contributed by atoms with Crippen LogP contribution < -0.4 is 5.32 Å². The number of aliphatic imine (C=N–C) groups is 1. The van der Waals surface area contributed by atoms with Crippen LogP contribution in [0.5, 0.6) is 0 Å². The van der Waals surface area contributed by atoms with Crippen LogP contribution in [-0.2, 0) is 4.74 Å². The molecule has 3 fully saturated rings. The fourth-order valence-electron chi connectivity index (χ4n) is 3.96. The summed E-state index contributed by atoms with van der Waals surface area (Å²) in [6.45, 7) is 6.37. The Bertz CT molecular complexity index is 450. The molecule has 6 heteroatoms. The minimum absolute atomic E-state index is 0.197. The predicted molar refractivity (Wildman–Crippen MR) is 90.5 cm³/mol. The van der Waals surface area contributed by atoms with Crippen LogP contribution in [-0.4, -0.2) is 68.2 Å². The fraction of sp³-hybridized carbons (Fsp3) is 0.882. The fourth-order valence-corrected chi connectivity index (χ4v) is 3.96. The molecule has 23 heavy (non-hydrogen) atoms. The summed E-state index contributed by atoms with van der Waals surface area (Å²) in [7, 11) is 1.85. The number of nitrogens with zero attached hydrogens (tertiary/aromatic N) is 3. The molecule has 1 aliphatic heterocycles. The quantitative estimate of drug-likeness (QED) is 0.634. The Balaban J connectivity index is 1.47. The molecular weight excluding hydrogens is 292 g/mol. The summed E-state index contributed by atoms with van der Waals surface area (Å²) in [6, 6.07) is 0. The third-order valence-electron chi connectivity index (χ3n) is 5.71. The molecule has 0 atom stereocenters. The van der Waals surface area contributed by atoms with E-state index in [9.17, 15) is 4.79 Å². The molecule has 0 spiro atoms. The molecule has 0 aromatic carbocycles. The highest BCUT2D eigenvalue weighted by atomic mass is 16.6. The maximum atomic E-state index is 11.8. The van der Waals surface area contributed by atoms with Crippen molar-refractivity contribution in [3.8, 4) is 0 Å². The van der Waals surface area contributed by atoms with Crippen LogP contribution in [0.2, 0.25) is 0 Å². The summed E-state index contributed by atoms with van der Waals surface area (Å²) in [4.78, 5) is 20.3. The van der Waals surface area contributed by atoms with Gasteiger partial charge in [0.05, 0.1) is 6.61 Å². The molecule has 2 aliphatic carbocycles. The highest BCUT2D eigenvalue weighted by molar-refractivity contribution is 5.80. The van der Waals surface area contributed by atoms with E-state index >= 15 is 0 Å². The molecule has 0 aromatic heterocycles. The number of hydrogen-bond donors (Lipinski definition) is 1. The maximum Gasteiger partial charge on any atom is 0.409 e. The highest BCUT2D eigenvalue weighted by Gasteiger charge is 2.48. The maximum absolute atomic E-state index is 11.8. The molecule has 1 amide bonds. The normalized spacial score (nSPS) is 24.2. The third kappa shape index (κ3) is 3.56. The first-order valence-corrected chi connectivity index (χ1v) is 9.06. The Morgan fingerprint density at radius 3 is 2.35 bits per heavy atom. The minimum Gasteiger partial charge on any atom is -0.450 e. The van der Waals surface area contributed by atoms with Crippen LogP contribution in [0.3, 0.4) is 0 Å². The van der Waals surface area contributed by atoms with Crippen molar-refractivity contribution in [1.82, 2.24) is 15.1 Å². The van der Waals surface area contributed by atoms with Crippen molar-refractivity contribution in [1.29, 1.82) is 0 Å². The van der Waals surface area contributed by atoms with Gasteiger partial charge in [-0.25, -0.2) is 4.79 Å². The van der Waals surface area contributed by atoms with Crippen LogP contribution in [0.4, 0.5) is 4.79 Å². The van der Waals surface area contributed by atoms with Crippen LogP contribution in [0.25, 0.3) is 0 Å². The zero-order chi connectivity index (χ0) is 16.3. The molecule has 1 N–H and O–H groups in total. The Kier molecular flexibility index (Phi) is 4.97. The second-order valence-corrected chi connectivity index (χ2v) is 7.06. The molecular formula is C17H30N4O2. The van der Waals surface area contributed by atoms with Gasteiger partial charge in [-0.3, -0.25) is 4.99 Å². The summed E-state index contributed by atoms with van der Waals surface area (Å²) in [5.41, 5.74) is 0.544. The van der Waals surface area contributed by atoms with E-state index in [1.165, 1.54) is 32.1 Å². The molecule has 1 heterocycles. The number of carbonyl (C=O) groups is 1. The Morgan fingerprint density at radius 2 is 1.87 bits per heavy atom. The van der Waals surface area contributed by atoms with Crippen molar-refractivity contribution in [2.45, 2.75) is 39.0 Å². The molecule has 2 saturated carbocycles. The van der Waals surface area contributed by atoms with E-state index < -0.39 is 0 Å². The van der Waals surface area contributed by atoms with Crippen molar-refractivity contribution in [2.24, 2.45) is 16.3 Å². The van der Waals surface area contributed by atoms with Gasteiger partial charge in [0, 0.05) is 39.8 Å². The largest absolute Gasteiger partial charge is 0.450 e. The van der Waals surface area contributed by atoms with Gasteiger partial charge in [0.1, 0.15) is 0 Å². The van der Waals surface area contributed by atoms with Crippen molar-refractivity contribution in [3.05, 3.63) is 0 Å². The minimum atomic E-state index is -0.197. The lowest BCUT2D eigenvalue weighted by atomic mass is 9.65. The van der Waals surface area contributed by atoms with Gasteiger partial charge in [-0.15, -0.1) is 0 Å². The summed E-state index contributed by atoms with van der Waals surface area (Å²) in [6.07, 6.45) is 6.76. The summed E-state index contributed by atoms with van der Waals surface area (Å²) in [5.74, 6) is 1.93. The second kappa shape index (κ2) is 6.97. The van der Waals surface area contributed by atoms with Crippen molar-refractivity contribution in [3.63, 3.8) is 0 Å². The lowest BCUT2D eigenvalue weighted by Crippen LogP contribution is -2.55. The molecule has 3 aliphatic rings. The van der Waals surface area contributed by atoms with Crippen molar-refractivity contribution < 1.29 is 9.53 Å². The van der Waals surface area contributed by atoms with E-state index in [1.54, 1.807) is 4.90 Å². The number of carbonyl (C=O) groups excluding carboxylic acids is 1. The van der Waals surface area contributed by atoms with Gasteiger partial charge < -0.3 is 19.9 Å². The lowest BCUT2D eigenvalue weighted by molar-refractivity contribution is 0.0891. The molecule has 0 unspecified atom stereocenters. The van der Waals surface area contributed by atoms with E-state index in [1.807, 2.05) is 14.0 Å². The van der Waals surface area contributed by atoms with Crippen molar-refractivity contribution >= 4 is 12.1 Å². The van der Waals surface area contributed by atoms with Crippen LogP contribution >= 0.6 is 0 Å². The SMILES string of the molecule is CCOC(=O)N1CCN(C(=NC)NCC2(C3CC3)CCC2)CC1. The van der Waals surface area contributed by atoms with E-state index in [2.05, 4.69) is 15.2 Å². The van der Waals surface area contributed by atoms with E-state index in [4.69, 9.17) is 4.74 Å². The van der Waals surface area contributed by atoms with Crippen molar-refractivity contribution in [2.75, 3.05) is 46.4 Å². The summed E-state index contributed by atoms with van der Waals surface area (Å²) < 4.78 is 5.07. The molecule has 3 rings (SSSR count). The highest BCUT2D eigenvalue weighted by Crippen LogP contribution is 2.56. The molecule has 0 aromatic rings. The number of ether oxygens (including phenoxy) is 1. The van der Waals surface area contributed by atoms with Crippen LogP contribution in [0, 0.1) is 11.3 Å². The number of rotatable bonds is 4. The van der Waals surface area contributed by atoms with Crippen LogP contribution in [0.15, 0.2) is 4.99 Å². The topological polar surface area (TPSA) is 57.2 Å². The Morgan fingerprint density at radius 1 is 1.22 bits per heavy atom. The van der Waals surface area contributed by atoms with Gasteiger partial charge in [-0.1, -0.05) is 6.42 Å². The summed E-state index contributed by atoms with van der Waals surface area (Å²) >= 11 is 0. The Hall–Kier alpha value is -1.46. The molecule has 1 saturated heterocycles. The zero-order valence-corrected chi connectivity index (χ0v) is 14.5. The van der Waals surface area contributed by atoms with E-state index in [-0.39, 0.29) is 6.09 Å². The van der Waals surface area contributed by atoms with Gasteiger partial charge in [-0.05, 0) is 43.9 Å². The third-order valence-corrected chi connectivity index (χ3v) is 5.71. The molecule has 0 radical (unpaired) electrons.